The number of nitro benzene ring substituents is 1. The van der Waals surface area contributed by atoms with Crippen LogP contribution in [0.4, 0.5) is 22.7 Å². The largest absolute Gasteiger partial charge is 0.374 e. The topological polar surface area (TPSA) is 71.1 Å². The molecule has 0 spiro atoms. The maximum Gasteiger partial charge on any atom is 0.277 e. The van der Waals surface area contributed by atoms with Gasteiger partial charge in [0.2, 0.25) is 0 Å². The Kier molecular flexibility index (Phi) is 4.39. The Labute approximate surface area is 173 Å². The first-order valence-electron chi connectivity index (χ1n) is 9.97. The molecule has 0 amide bonds. The number of nitro groups is 1. The second-order valence-corrected chi connectivity index (χ2v) is 7.58. The summed E-state index contributed by atoms with van der Waals surface area (Å²) in [4.78, 5) is 13.3. The average molecular weight is 396 g/mol. The molecule has 4 aromatic carbocycles. The molecule has 30 heavy (non-hydrogen) atoms. The molecule has 5 rings (SSSR count). The normalized spacial score (nSPS) is 13.8. The Balaban J connectivity index is 1.66. The van der Waals surface area contributed by atoms with Gasteiger partial charge in [0, 0.05) is 41.5 Å². The highest BCUT2D eigenvalue weighted by Crippen LogP contribution is 2.41. The summed E-state index contributed by atoms with van der Waals surface area (Å²) in [5, 5.41) is 24.0. The van der Waals surface area contributed by atoms with E-state index in [-0.39, 0.29) is 10.6 Å². The van der Waals surface area contributed by atoms with Gasteiger partial charge >= 0.3 is 0 Å². The highest BCUT2D eigenvalue weighted by Gasteiger charge is 2.19. The van der Waals surface area contributed by atoms with Crippen molar-refractivity contribution >= 4 is 44.3 Å². The highest BCUT2D eigenvalue weighted by atomic mass is 16.6. The third kappa shape index (κ3) is 2.97. The van der Waals surface area contributed by atoms with Crippen LogP contribution in [0.2, 0.25) is 0 Å². The maximum absolute atomic E-state index is 11.4. The van der Waals surface area contributed by atoms with Crippen molar-refractivity contribution in [2.24, 2.45) is 10.2 Å². The van der Waals surface area contributed by atoms with Gasteiger partial charge in [-0.05, 0) is 36.6 Å². The zero-order chi connectivity index (χ0) is 20.7. The van der Waals surface area contributed by atoms with Crippen LogP contribution < -0.4 is 4.90 Å². The van der Waals surface area contributed by atoms with Gasteiger partial charge in [-0.25, -0.2) is 0 Å². The molecule has 148 valence electrons. The molecule has 1 aliphatic heterocycles. The predicted molar refractivity (Wildman–Crippen MR) is 120 cm³/mol. The Hall–Kier alpha value is -3.80. The molecule has 0 radical (unpaired) electrons. The van der Waals surface area contributed by atoms with E-state index in [1.165, 1.54) is 22.7 Å². The van der Waals surface area contributed by atoms with Crippen molar-refractivity contribution in [1.82, 2.24) is 0 Å². The number of azo groups is 1. The van der Waals surface area contributed by atoms with E-state index in [1.807, 2.05) is 18.2 Å². The van der Waals surface area contributed by atoms with Crippen LogP contribution in [0.1, 0.15) is 12.0 Å². The molecule has 0 saturated carbocycles. The van der Waals surface area contributed by atoms with Crippen molar-refractivity contribution < 1.29 is 4.92 Å². The van der Waals surface area contributed by atoms with Crippen LogP contribution in [0.25, 0.3) is 21.5 Å². The van der Waals surface area contributed by atoms with E-state index < -0.39 is 0 Å². The first-order valence-corrected chi connectivity index (χ1v) is 9.97. The number of benzene rings is 4. The number of aryl methyl sites for hydroxylation is 1. The zero-order valence-electron chi connectivity index (χ0n) is 16.6. The lowest BCUT2D eigenvalue weighted by Crippen LogP contribution is -2.24. The third-order valence-electron chi connectivity index (χ3n) is 5.73. The van der Waals surface area contributed by atoms with Gasteiger partial charge in [0.1, 0.15) is 0 Å². The number of non-ortho nitro benzene ring substituents is 1. The fourth-order valence-electron chi connectivity index (χ4n) is 4.36. The molecule has 0 atom stereocenters. The van der Waals surface area contributed by atoms with Crippen molar-refractivity contribution in [3.05, 3.63) is 82.4 Å². The Bertz CT molecular complexity index is 1330. The van der Waals surface area contributed by atoms with E-state index in [9.17, 15) is 10.1 Å². The van der Waals surface area contributed by atoms with Crippen LogP contribution in [0.15, 0.2) is 77.0 Å². The first-order chi connectivity index (χ1) is 14.6. The Morgan fingerprint density at radius 1 is 0.867 bits per heavy atom. The fourth-order valence-corrected chi connectivity index (χ4v) is 4.36. The Morgan fingerprint density at radius 3 is 2.23 bits per heavy atom. The summed E-state index contributed by atoms with van der Waals surface area (Å²) in [7, 11) is 2.13. The first kappa shape index (κ1) is 18.2. The second-order valence-electron chi connectivity index (χ2n) is 7.58. The summed E-state index contributed by atoms with van der Waals surface area (Å²) in [6.07, 6.45) is 2.14. The minimum atomic E-state index is -0.364. The lowest BCUT2D eigenvalue weighted by molar-refractivity contribution is -0.383. The molecule has 0 bridgehead atoms. The molecular formula is C24H20N4O2. The standard InChI is InChI=1S/C24H20N4O2/c1-27-14-6-7-16-15-22(18-9-3-5-11-20(18)24(16)27)26-25-21-12-13-23(28(29)30)19-10-4-2-8-17(19)21/h2-5,8-13,15H,6-7,14H2,1H3. The van der Waals surface area contributed by atoms with Crippen molar-refractivity contribution in [2.75, 3.05) is 18.5 Å². The quantitative estimate of drug-likeness (QED) is 0.220. The van der Waals surface area contributed by atoms with Gasteiger partial charge in [-0.1, -0.05) is 42.5 Å². The van der Waals surface area contributed by atoms with E-state index in [0.29, 0.717) is 11.1 Å². The van der Waals surface area contributed by atoms with Crippen LogP contribution >= 0.6 is 0 Å². The van der Waals surface area contributed by atoms with Crippen LogP contribution in [0.3, 0.4) is 0 Å². The minimum Gasteiger partial charge on any atom is -0.374 e. The van der Waals surface area contributed by atoms with Crippen molar-refractivity contribution in [3.63, 3.8) is 0 Å². The summed E-state index contributed by atoms with van der Waals surface area (Å²) in [5.41, 5.74) is 4.07. The molecule has 4 aromatic rings. The summed E-state index contributed by atoms with van der Waals surface area (Å²) in [6.45, 7) is 1.05. The van der Waals surface area contributed by atoms with Crippen molar-refractivity contribution in [1.29, 1.82) is 0 Å². The maximum atomic E-state index is 11.4. The number of nitrogens with zero attached hydrogens (tertiary/aromatic N) is 4. The third-order valence-corrected chi connectivity index (χ3v) is 5.73. The van der Waals surface area contributed by atoms with Crippen LogP contribution in [0, 0.1) is 10.1 Å². The van der Waals surface area contributed by atoms with Gasteiger partial charge in [0.05, 0.1) is 21.7 Å². The number of hydrogen-bond acceptors (Lipinski definition) is 5. The van der Waals surface area contributed by atoms with Crippen molar-refractivity contribution in [3.8, 4) is 0 Å². The van der Waals surface area contributed by atoms with Gasteiger partial charge in [0.15, 0.2) is 0 Å². The molecule has 0 aromatic heterocycles. The summed E-state index contributed by atoms with van der Waals surface area (Å²) in [5.74, 6) is 0. The average Bonchev–Trinajstić information content (AvgIpc) is 2.77. The lowest BCUT2D eigenvalue weighted by atomic mass is 9.95. The van der Waals surface area contributed by atoms with Crippen LogP contribution in [-0.4, -0.2) is 18.5 Å². The number of fused-ring (bicyclic) bond motifs is 4. The highest BCUT2D eigenvalue weighted by molar-refractivity contribution is 6.03. The van der Waals surface area contributed by atoms with Gasteiger partial charge in [-0.15, -0.1) is 10.2 Å². The summed E-state index contributed by atoms with van der Waals surface area (Å²) in [6, 6.07) is 20.8. The minimum absolute atomic E-state index is 0.0758. The predicted octanol–water partition coefficient (Wildman–Crippen LogP) is 6.70. The van der Waals surface area contributed by atoms with E-state index in [2.05, 4.69) is 46.4 Å². The molecular weight excluding hydrogens is 376 g/mol. The molecule has 0 N–H and O–H groups in total. The molecule has 1 aliphatic rings. The molecule has 0 aliphatic carbocycles. The SMILES string of the molecule is CN1CCCc2cc(N=Nc3ccc([N+](=O)[O-])c4ccccc34)c3ccccc3c21. The van der Waals surface area contributed by atoms with Crippen LogP contribution in [0.5, 0.6) is 0 Å². The molecule has 6 heteroatoms. The Morgan fingerprint density at radius 2 is 1.50 bits per heavy atom. The number of hydrogen-bond donors (Lipinski definition) is 0. The van der Waals surface area contributed by atoms with Crippen LogP contribution in [-0.2, 0) is 6.42 Å². The lowest BCUT2D eigenvalue weighted by Gasteiger charge is -2.29. The fraction of sp³-hybridized carbons (Fsp3) is 0.167. The van der Waals surface area contributed by atoms with Gasteiger partial charge in [-0.3, -0.25) is 10.1 Å². The van der Waals surface area contributed by atoms with E-state index >= 15 is 0 Å². The van der Waals surface area contributed by atoms with Gasteiger partial charge in [-0.2, -0.15) is 0 Å². The number of anilines is 1. The molecule has 0 saturated heterocycles. The molecule has 0 fully saturated rings. The summed E-state index contributed by atoms with van der Waals surface area (Å²) >= 11 is 0. The smallest absolute Gasteiger partial charge is 0.277 e. The van der Waals surface area contributed by atoms with E-state index in [4.69, 9.17) is 0 Å². The number of rotatable bonds is 3. The second kappa shape index (κ2) is 7.22. The monoisotopic (exact) mass is 396 g/mol. The van der Waals surface area contributed by atoms with Crippen molar-refractivity contribution in [2.45, 2.75) is 12.8 Å². The molecule has 0 unspecified atom stereocenters. The molecule has 6 nitrogen and oxygen atoms in total. The van der Waals surface area contributed by atoms with E-state index in [0.717, 1.165) is 35.8 Å². The molecule has 1 heterocycles. The zero-order valence-corrected chi connectivity index (χ0v) is 16.6. The summed E-state index contributed by atoms with van der Waals surface area (Å²) < 4.78 is 0. The van der Waals surface area contributed by atoms with Gasteiger partial charge in [0.25, 0.3) is 5.69 Å². The van der Waals surface area contributed by atoms with Gasteiger partial charge < -0.3 is 4.90 Å². The van der Waals surface area contributed by atoms with E-state index in [1.54, 1.807) is 18.2 Å².